The number of halogens is 2. The lowest BCUT2D eigenvalue weighted by atomic mass is 10.1. The summed E-state index contributed by atoms with van der Waals surface area (Å²) in [5.41, 5.74) is 1.51. The zero-order valence-electron chi connectivity index (χ0n) is 9.27. The van der Waals surface area contributed by atoms with Crippen LogP contribution in [-0.4, -0.2) is 4.98 Å². The number of anilines is 1. The molecule has 0 spiro atoms. The van der Waals surface area contributed by atoms with E-state index in [-0.39, 0.29) is 0 Å². The van der Waals surface area contributed by atoms with E-state index in [0.29, 0.717) is 5.02 Å². The number of para-hydroxylation sites is 1. The number of benzene rings is 1. The van der Waals surface area contributed by atoms with Gasteiger partial charge in [0.1, 0.15) is 6.04 Å². The molecule has 0 saturated carbocycles. The lowest BCUT2D eigenvalue weighted by Crippen LogP contribution is -2.09. The second-order valence-electron chi connectivity index (χ2n) is 3.62. The van der Waals surface area contributed by atoms with Gasteiger partial charge in [0.05, 0.1) is 16.8 Å². The highest BCUT2D eigenvalue weighted by Crippen LogP contribution is 2.26. The summed E-state index contributed by atoms with van der Waals surface area (Å²) in [6.07, 6.45) is 3.33. The predicted octanol–water partition coefficient (Wildman–Crippen LogP) is 4.17. The number of aromatic nitrogens is 1. The summed E-state index contributed by atoms with van der Waals surface area (Å²) in [4.78, 5) is 4.05. The summed E-state index contributed by atoms with van der Waals surface area (Å²) in [5, 5.41) is 12.9. The van der Waals surface area contributed by atoms with Crippen molar-refractivity contribution in [3.05, 3.63) is 57.8 Å². The van der Waals surface area contributed by atoms with Crippen LogP contribution in [-0.2, 0) is 0 Å². The molecule has 2 aromatic rings. The highest BCUT2D eigenvalue weighted by atomic mass is 79.9. The first-order valence-corrected chi connectivity index (χ1v) is 6.39. The molecule has 0 aliphatic rings. The van der Waals surface area contributed by atoms with Gasteiger partial charge in [-0.3, -0.25) is 4.98 Å². The van der Waals surface area contributed by atoms with Crippen LogP contribution in [0.1, 0.15) is 11.6 Å². The second-order valence-corrected chi connectivity index (χ2v) is 4.95. The van der Waals surface area contributed by atoms with Gasteiger partial charge in [-0.25, -0.2) is 0 Å². The molecule has 0 bridgehead atoms. The first-order valence-electron chi connectivity index (χ1n) is 5.22. The van der Waals surface area contributed by atoms with E-state index >= 15 is 0 Å². The van der Waals surface area contributed by atoms with Gasteiger partial charge in [0, 0.05) is 22.4 Å². The summed E-state index contributed by atoms with van der Waals surface area (Å²) in [6, 6.07) is 10.9. The average molecular weight is 323 g/mol. The molecule has 5 heteroatoms. The number of nitriles is 1. The van der Waals surface area contributed by atoms with E-state index in [1.807, 2.05) is 24.3 Å². The normalized spacial score (nSPS) is 11.6. The molecule has 1 N–H and O–H groups in total. The molecule has 0 amide bonds. The Hall–Kier alpha value is -1.57. The standard InChI is InChI=1S/C13H9BrClN3/c14-10-5-9(7-17-8-10)13(6-16)18-12-4-2-1-3-11(12)15/h1-5,7-8,13,18H. The minimum Gasteiger partial charge on any atom is -0.365 e. The van der Waals surface area contributed by atoms with E-state index < -0.39 is 6.04 Å². The molecule has 1 aromatic heterocycles. The van der Waals surface area contributed by atoms with Crippen LogP contribution in [0, 0.1) is 11.3 Å². The Morgan fingerprint density at radius 2 is 2.11 bits per heavy atom. The molecule has 18 heavy (non-hydrogen) atoms. The monoisotopic (exact) mass is 321 g/mol. The van der Waals surface area contributed by atoms with Gasteiger partial charge in [-0.05, 0) is 34.1 Å². The average Bonchev–Trinajstić information content (AvgIpc) is 2.38. The topological polar surface area (TPSA) is 48.7 Å². The Kier molecular flexibility index (Phi) is 4.19. The van der Waals surface area contributed by atoms with Crippen LogP contribution in [0.25, 0.3) is 0 Å². The van der Waals surface area contributed by atoms with Crippen molar-refractivity contribution in [2.45, 2.75) is 6.04 Å². The molecule has 1 atom stereocenters. The smallest absolute Gasteiger partial charge is 0.141 e. The Morgan fingerprint density at radius 1 is 1.33 bits per heavy atom. The Morgan fingerprint density at radius 3 is 2.78 bits per heavy atom. The van der Waals surface area contributed by atoms with E-state index in [1.165, 1.54) is 0 Å². The Balaban J connectivity index is 2.26. The maximum Gasteiger partial charge on any atom is 0.141 e. The molecule has 1 aromatic carbocycles. The van der Waals surface area contributed by atoms with Crippen molar-refractivity contribution >= 4 is 33.2 Å². The first-order chi connectivity index (χ1) is 8.70. The molecule has 0 aliphatic heterocycles. The third-order valence-electron chi connectivity index (χ3n) is 2.36. The first kappa shape index (κ1) is 12.9. The number of nitrogens with zero attached hydrogens (tertiary/aromatic N) is 2. The van der Waals surface area contributed by atoms with E-state index in [0.717, 1.165) is 15.7 Å². The molecule has 90 valence electrons. The van der Waals surface area contributed by atoms with Crippen LogP contribution in [0.3, 0.4) is 0 Å². The van der Waals surface area contributed by atoms with Gasteiger partial charge in [-0.2, -0.15) is 5.26 Å². The third-order valence-corrected chi connectivity index (χ3v) is 3.13. The van der Waals surface area contributed by atoms with Crippen molar-refractivity contribution in [2.75, 3.05) is 5.32 Å². The number of nitrogens with one attached hydrogen (secondary N) is 1. The highest BCUT2D eigenvalue weighted by Gasteiger charge is 2.12. The number of hydrogen-bond acceptors (Lipinski definition) is 3. The fourth-order valence-electron chi connectivity index (χ4n) is 1.51. The van der Waals surface area contributed by atoms with Gasteiger partial charge in [-0.15, -0.1) is 0 Å². The van der Waals surface area contributed by atoms with Crippen molar-refractivity contribution < 1.29 is 0 Å². The van der Waals surface area contributed by atoms with Crippen molar-refractivity contribution in [1.29, 1.82) is 5.26 Å². The van der Waals surface area contributed by atoms with Gasteiger partial charge in [0.25, 0.3) is 0 Å². The number of rotatable bonds is 3. The van der Waals surface area contributed by atoms with Crippen LogP contribution < -0.4 is 5.32 Å². The molecule has 0 aliphatic carbocycles. The largest absolute Gasteiger partial charge is 0.365 e. The molecule has 3 nitrogen and oxygen atoms in total. The summed E-state index contributed by atoms with van der Waals surface area (Å²) < 4.78 is 0.834. The van der Waals surface area contributed by atoms with Crippen LogP contribution >= 0.6 is 27.5 Å². The van der Waals surface area contributed by atoms with Gasteiger partial charge >= 0.3 is 0 Å². The highest BCUT2D eigenvalue weighted by molar-refractivity contribution is 9.10. The van der Waals surface area contributed by atoms with Crippen LogP contribution in [0.5, 0.6) is 0 Å². The van der Waals surface area contributed by atoms with Crippen LogP contribution in [0.2, 0.25) is 5.02 Å². The molecule has 0 saturated heterocycles. The van der Waals surface area contributed by atoms with Gasteiger partial charge < -0.3 is 5.32 Å². The van der Waals surface area contributed by atoms with Crippen molar-refractivity contribution in [3.8, 4) is 6.07 Å². The SMILES string of the molecule is N#CC(Nc1ccccc1Cl)c1cncc(Br)c1. The fourth-order valence-corrected chi connectivity index (χ4v) is 2.08. The predicted molar refractivity (Wildman–Crippen MR) is 75.4 cm³/mol. The van der Waals surface area contributed by atoms with Crippen molar-refractivity contribution in [1.82, 2.24) is 4.98 Å². The van der Waals surface area contributed by atoms with Crippen molar-refractivity contribution in [3.63, 3.8) is 0 Å². The van der Waals surface area contributed by atoms with Crippen LogP contribution in [0.4, 0.5) is 5.69 Å². The molecular weight excluding hydrogens is 314 g/mol. The summed E-state index contributed by atoms with van der Waals surface area (Å²) >= 11 is 9.38. The summed E-state index contributed by atoms with van der Waals surface area (Å²) in [6.45, 7) is 0. The van der Waals surface area contributed by atoms with E-state index in [4.69, 9.17) is 11.6 Å². The van der Waals surface area contributed by atoms with Gasteiger partial charge in [0.2, 0.25) is 0 Å². The maximum atomic E-state index is 9.22. The number of pyridine rings is 1. The van der Waals surface area contributed by atoms with E-state index in [1.54, 1.807) is 18.5 Å². The van der Waals surface area contributed by atoms with E-state index in [9.17, 15) is 5.26 Å². The Labute approximate surface area is 119 Å². The maximum absolute atomic E-state index is 9.22. The number of hydrogen-bond donors (Lipinski definition) is 1. The zero-order valence-corrected chi connectivity index (χ0v) is 11.6. The molecule has 1 heterocycles. The molecular formula is C13H9BrClN3. The van der Waals surface area contributed by atoms with Gasteiger partial charge in [-0.1, -0.05) is 23.7 Å². The molecule has 0 radical (unpaired) electrons. The third kappa shape index (κ3) is 3.00. The molecule has 0 fully saturated rings. The zero-order chi connectivity index (χ0) is 13.0. The summed E-state index contributed by atoms with van der Waals surface area (Å²) in [5.74, 6) is 0. The quantitative estimate of drug-likeness (QED) is 0.922. The minimum atomic E-state index is -0.491. The lowest BCUT2D eigenvalue weighted by Gasteiger charge is -2.14. The molecule has 2 rings (SSSR count). The van der Waals surface area contributed by atoms with Crippen molar-refractivity contribution in [2.24, 2.45) is 0 Å². The van der Waals surface area contributed by atoms with E-state index in [2.05, 4.69) is 32.3 Å². The van der Waals surface area contributed by atoms with Crippen LogP contribution in [0.15, 0.2) is 47.2 Å². The Bertz CT molecular complexity index is 595. The van der Waals surface area contributed by atoms with Gasteiger partial charge in [0.15, 0.2) is 0 Å². The molecule has 1 unspecified atom stereocenters. The lowest BCUT2D eigenvalue weighted by molar-refractivity contribution is 0.979. The fraction of sp³-hybridized carbons (Fsp3) is 0.0769. The second kappa shape index (κ2) is 5.85. The minimum absolute atomic E-state index is 0.491. The summed E-state index contributed by atoms with van der Waals surface area (Å²) in [7, 11) is 0.